The Labute approximate surface area is 162 Å². The Balaban J connectivity index is 2.16. The number of hydrogen-bond donors (Lipinski definition) is 3. The van der Waals surface area contributed by atoms with Gasteiger partial charge >= 0.3 is 6.18 Å². The van der Waals surface area contributed by atoms with E-state index in [1.165, 1.54) is 24.3 Å². The first-order chi connectivity index (χ1) is 12.9. The monoisotopic (exact) mass is 431 g/mol. The van der Waals surface area contributed by atoms with E-state index in [0.29, 0.717) is 0 Å². The fourth-order valence-electron chi connectivity index (χ4n) is 2.54. The lowest BCUT2D eigenvalue weighted by molar-refractivity contribution is -0.137. The Morgan fingerprint density at radius 1 is 1.21 bits per heavy atom. The summed E-state index contributed by atoms with van der Waals surface area (Å²) in [4.78, 5) is 3.64. The third-order valence-electron chi connectivity index (χ3n) is 3.71. The molecule has 0 aliphatic heterocycles. The van der Waals surface area contributed by atoms with Crippen molar-refractivity contribution in [2.24, 2.45) is 0 Å². The molecule has 7 nitrogen and oxygen atoms in total. The van der Waals surface area contributed by atoms with Gasteiger partial charge < -0.3 is 11.1 Å². The van der Waals surface area contributed by atoms with E-state index in [1.807, 2.05) is 0 Å². The first-order valence-electron chi connectivity index (χ1n) is 7.61. The lowest BCUT2D eigenvalue weighted by Gasteiger charge is -2.17. The number of anilines is 3. The molecule has 0 saturated carbocycles. The van der Waals surface area contributed by atoms with Crippen LogP contribution in [0.3, 0.4) is 0 Å². The van der Waals surface area contributed by atoms with Gasteiger partial charge in [-0.3, -0.25) is 0 Å². The predicted molar refractivity (Wildman–Crippen MR) is 99.1 cm³/mol. The van der Waals surface area contributed by atoms with Crippen molar-refractivity contribution in [3.63, 3.8) is 0 Å². The van der Waals surface area contributed by atoms with Gasteiger partial charge in [0.15, 0.2) is 9.84 Å². The molecule has 3 aromatic rings. The number of nitrogens with one attached hydrogen (secondary N) is 2. The van der Waals surface area contributed by atoms with Gasteiger partial charge in [0.05, 0.1) is 15.5 Å². The van der Waals surface area contributed by atoms with Crippen LogP contribution in [0.4, 0.5) is 30.8 Å². The smallest absolute Gasteiger partial charge is 0.368 e. The SMILES string of the molecule is CS(=O)(=O)c1cccc(-c2c(Cl)cc(Nc3n[nH]c(N)n3)cc2C(F)(F)F)c1. The molecule has 148 valence electrons. The molecule has 2 aromatic carbocycles. The lowest BCUT2D eigenvalue weighted by atomic mass is 9.98. The Morgan fingerprint density at radius 2 is 1.93 bits per heavy atom. The van der Waals surface area contributed by atoms with Crippen molar-refractivity contribution in [3.8, 4) is 11.1 Å². The summed E-state index contributed by atoms with van der Waals surface area (Å²) in [5, 5.41) is 8.39. The second kappa shape index (κ2) is 6.99. The molecule has 0 atom stereocenters. The fraction of sp³-hybridized carbons (Fsp3) is 0.125. The molecule has 0 amide bonds. The molecular formula is C16H13ClF3N5O2S. The average molecular weight is 432 g/mol. The van der Waals surface area contributed by atoms with Crippen molar-refractivity contribution in [3.05, 3.63) is 47.0 Å². The van der Waals surface area contributed by atoms with Crippen molar-refractivity contribution >= 4 is 39.0 Å². The number of aromatic nitrogens is 3. The van der Waals surface area contributed by atoms with Crippen LogP contribution in [0.15, 0.2) is 41.3 Å². The van der Waals surface area contributed by atoms with Crippen LogP contribution in [0.5, 0.6) is 0 Å². The minimum Gasteiger partial charge on any atom is -0.368 e. The fourth-order valence-corrected chi connectivity index (χ4v) is 3.53. The predicted octanol–water partition coefficient (Wildman–Crippen LogP) is 3.87. The number of rotatable bonds is 4. The summed E-state index contributed by atoms with van der Waals surface area (Å²) in [6.45, 7) is 0. The first kappa shape index (κ1) is 20.0. The van der Waals surface area contributed by atoms with Crippen LogP contribution in [-0.2, 0) is 16.0 Å². The van der Waals surface area contributed by atoms with Crippen LogP contribution in [-0.4, -0.2) is 29.9 Å². The van der Waals surface area contributed by atoms with E-state index in [-0.39, 0.29) is 38.6 Å². The van der Waals surface area contributed by atoms with Gasteiger partial charge in [-0.15, -0.1) is 5.10 Å². The second-order valence-corrected chi connectivity index (χ2v) is 8.27. The number of H-pyrrole nitrogens is 1. The molecule has 3 rings (SSSR count). The van der Waals surface area contributed by atoms with Crippen molar-refractivity contribution < 1.29 is 21.6 Å². The number of benzene rings is 2. The van der Waals surface area contributed by atoms with E-state index in [4.69, 9.17) is 17.3 Å². The van der Waals surface area contributed by atoms with Gasteiger partial charge in [0.1, 0.15) is 0 Å². The summed E-state index contributed by atoms with van der Waals surface area (Å²) >= 11 is 6.15. The zero-order valence-electron chi connectivity index (χ0n) is 14.2. The van der Waals surface area contributed by atoms with E-state index >= 15 is 0 Å². The highest BCUT2D eigenvalue weighted by molar-refractivity contribution is 7.90. The number of alkyl halides is 3. The molecule has 12 heteroatoms. The third-order valence-corrected chi connectivity index (χ3v) is 5.11. The number of hydrogen-bond acceptors (Lipinski definition) is 6. The Hall–Kier alpha value is -2.79. The average Bonchev–Trinajstić information content (AvgIpc) is 2.97. The van der Waals surface area contributed by atoms with Crippen LogP contribution in [0.2, 0.25) is 5.02 Å². The zero-order valence-corrected chi connectivity index (χ0v) is 15.7. The number of nitrogens with zero attached hydrogens (tertiary/aromatic N) is 2. The van der Waals surface area contributed by atoms with E-state index in [2.05, 4.69) is 20.5 Å². The molecule has 1 heterocycles. The number of sulfone groups is 1. The molecule has 1 aromatic heterocycles. The molecular weight excluding hydrogens is 419 g/mol. The van der Waals surface area contributed by atoms with Gasteiger partial charge in [-0.2, -0.15) is 18.2 Å². The van der Waals surface area contributed by atoms with Gasteiger partial charge in [-0.05, 0) is 29.8 Å². The highest BCUT2D eigenvalue weighted by atomic mass is 35.5. The Kier molecular flexibility index (Phi) is 4.98. The van der Waals surface area contributed by atoms with Crippen LogP contribution in [0.1, 0.15) is 5.56 Å². The summed E-state index contributed by atoms with van der Waals surface area (Å²) in [6, 6.07) is 7.24. The van der Waals surface area contributed by atoms with Gasteiger partial charge in [-0.1, -0.05) is 23.7 Å². The molecule has 0 radical (unpaired) electrons. The highest BCUT2D eigenvalue weighted by Crippen LogP contribution is 2.43. The second-order valence-electron chi connectivity index (χ2n) is 5.85. The first-order valence-corrected chi connectivity index (χ1v) is 9.88. The molecule has 0 saturated heterocycles. The van der Waals surface area contributed by atoms with Crippen molar-refractivity contribution in [2.75, 3.05) is 17.3 Å². The van der Waals surface area contributed by atoms with Gasteiger partial charge in [0, 0.05) is 17.5 Å². The molecule has 0 fully saturated rings. The van der Waals surface area contributed by atoms with E-state index in [1.54, 1.807) is 0 Å². The number of halogens is 4. The maximum absolute atomic E-state index is 13.7. The van der Waals surface area contributed by atoms with Crippen molar-refractivity contribution in [1.82, 2.24) is 15.2 Å². The third kappa shape index (κ3) is 4.20. The summed E-state index contributed by atoms with van der Waals surface area (Å²) in [6.07, 6.45) is -3.79. The highest BCUT2D eigenvalue weighted by Gasteiger charge is 2.35. The number of aromatic amines is 1. The van der Waals surface area contributed by atoms with Crippen molar-refractivity contribution in [1.29, 1.82) is 0 Å². The molecule has 0 aliphatic rings. The standard InChI is InChI=1S/C16H13ClF3N5O2S/c1-28(26,27)10-4-2-3-8(5-10)13-11(16(18,19)20)6-9(7-12(13)17)22-15-23-14(21)24-25-15/h2-7H,1H3,(H4,21,22,23,24,25). The van der Waals surface area contributed by atoms with Gasteiger partial charge in [0.25, 0.3) is 0 Å². The molecule has 0 spiro atoms. The topological polar surface area (TPSA) is 114 Å². The summed E-state index contributed by atoms with van der Waals surface area (Å²) < 4.78 is 64.6. The minimum absolute atomic E-state index is 0.0145. The van der Waals surface area contributed by atoms with E-state index in [0.717, 1.165) is 18.4 Å². The lowest BCUT2D eigenvalue weighted by Crippen LogP contribution is -2.09. The molecule has 0 bridgehead atoms. The maximum Gasteiger partial charge on any atom is 0.417 e. The van der Waals surface area contributed by atoms with Crippen molar-refractivity contribution in [2.45, 2.75) is 11.1 Å². The normalized spacial score (nSPS) is 12.2. The van der Waals surface area contributed by atoms with Gasteiger partial charge in [-0.25, -0.2) is 13.5 Å². The molecule has 0 unspecified atom stereocenters. The summed E-state index contributed by atoms with van der Waals surface area (Å²) in [5.41, 5.74) is 4.02. The zero-order chi connectivity index (χ0) is 20.7. The maximum atomic E-state index is 13.7. The Bertz CT molecular complexity index is 1150. The molecule has 28 heavy (non-hydrogen) atoms. The summed E-state index contributed by atoms with van der Waals surface area (Å²) in [5.74, 6) is -0.0487. The Morgan fingerprint density at radius 3 is 2.50 bits per heavy atom. The van der Waals surface area contributed by atoms with Crippen LogP contribution in [0, 0.1) is 0 Å². The quantitative estimate of drug-likeness (QED) is 0.577. The van der Waals surface area contributed by atoms with Gasteiger partial charge in [0.2, 0.25) is 11.9 Å². The number of nitrogen functional groups attached to an aromatic ring is 1. The minimum atomic E-state index is -4.75. The summed E-state index contributed by atoms with van der Waals surface area (Å²) in [7, 11) is -3.61. The van der Waals surface area contributed by atoms with E-state index in [9.17, 15) is 21.6 Å². The molecule has 0 aliphatic carbocycles. The van der Waals surface area contributed by atoms with Crippen LogP contribution >= 0.6 is 11.6 Å². The largest absolute Gasteiger partial charge is 0.417 e. The molecule has 4 N–H and O–H groups in total. The number of nitrogens with two attached hydrogens (primary N) is 1. The van der Waals surface area contributed by atoms with Crippen LogP contribution in [0.25, 0.3) is 11.1 Å². The van der Waals surface area contributed by atoms with Crippen LogP contribution < -0.4 is 11.1 Å². The van der Waals surface area contributed by atoms with E-state index < -0.39 is 21.6 Å².